The minimum absolute atomic E-state index is 0.186. The quantitative estimate of drug-likeness (QED) is 0.432. The van der Waals surface area contributed by atoms with E-state index in [1.54, 1.807) is 0 Å². The smallest absolute Gasteiger partial charge is 0.359 e. The predicted octanol–water partition coefficient (Wildman–Crippen LogP) is -0.243. The highest BCUT2D eigenvalue weighted by atomic mass is 16.4. The molecule has 0 aliphatic rings. The minimum atomic E-state index is -0.739. The van der Waals surface area contributed by atoms with E-state index in [4.69, 9.17) is 5.11 Å². The molecule has 0 heterocycles. The molecule has 72 valence electrons. The van der Waals surface area contributed by atoms with Crippen molar-refractivity contribution in [3.8, 4) is 0 Å². The molecular weight excluding hydrogens is 156 g/mol. The summed E-state index contributed by atoms with van der Waals surface area (Å²) in [5.41, 5.74) is 0. The summed E-state index contributed by atoms with van der Waals surface area (Å²) in [7, 11) is 3.84. The summed E-state index contributed by atoms with van der Waals surface area (Å²) in [5, 5.41) is 11.7. The van der Waals surface area contributed by atoms with Gasteiger partial charge in [0.05, 0.1) is 20.6 Å². The Bertz CT molecular complexity index is 146. The largest absolute Gasteiger partial charge is 0.477 e. The Kier molecular flexibility index (Phi) is 4.85. The van der Waals surface area contributed by atoms with Crippen molar-refractivity contribution in [3.63, 3.8) is 0 Å². The molecule has 12 heavy (non-hydrogen) atoms. The van der Waals surface area contributed by atoms with Gasteiger partial charge >= 0.3 is 5.97 Å². The molecule has 0 spiro atoms. The van der Waals surface area contributed by atoms with E-state index in [1.807, 2.05) is 21.0 Å². The Hall–Kier alpha value is -0.610. The number of carboxylic acid groups (broad SMARTS) is 1. The summed E-state index contributed by atoms with van der Waals surface area (Å²) >= 11 is 0. The van der Waals surface area contributed by atoms with Gasteiger partial charge in [-0.1, -0.05) is 6.92 Å². The fourth-order valence-electron chi connectivity index (χ4n) is 1.00. The lowest BCUT2D eigenvalue weighted by atomic mass is 10.4. The zero-order valence-electron chi connectivity index (χ0n) is 8.13. The van der Waals surface area contributed by atoms with Gasteiger partial charge in [-0.25, -0.2) is 4.79 Å². The average Bonchev–Trinajstić information content (AvgIpc) is 1.84. The van der Waals surface area contributed by atoms with Crippen LogP contribution in [0.3, 0.4) is 0 Å². The number of rotatable bonds is 6. The maximum Gasteiger partial charge on any atom is 0.359 e. The number of nitrogens with one attached hydrogen (secondary N) is 1. The summed E-state index contributed by atoms with van der Waals surface area (Å²) < 4.78 is 0.530. The monoisotopic (exact) mass is 175 g/mol. The van der Waals surface area contributed by atoms with Gasteiger partial charge < -0.3 is 14.9 Å². The van der Waals surface area contributed by atoms with Gasteiger partial charge in [0.15, 0.2) is 6.54 Å². The van der Waals surface area contributed by atoms with Crippen LogP contribution in [0.5, 0.6) is 0 Å². The van der Waals surface area contributed by atoms with Crippen LogP contribution in [-0.2, 0) is 4.79 Å². The molecule has 0 aromatic rings. The molecule has 0 aromatic carbocycles. The van der Waals surface area contributed by atoms with Crippen molar-refractivity contribution in [1.29, 1.82) is 0 Å². The van der Waals surface area contributed by atoms with Crippen molar-refractivity contribution < 1.29 is 14.4 Å². The topological polar surface area (TPSA) is 49.3 Å². The maximum absolute atomic E-state index is 10.4. The van der Waals surface area contributed by atoms with Crippen LogP contribution in [0.4, 0.5) is 0 Å². The molecule has 0 aliphatic carbocycles. The van der Waals surface area contributed by atoms with Crippen molar-refractivity contribution in [2.75, 3.05) is 40.3 Å². The first-order valence-electron chi connectivity index (χ1n) is 4.22. The first-order valence-corrected chi connectivity index (χ1v) is 4.22. The molecule has 0 amide bonds. The molecule has 0 saturated carbocycles. The number of carboxylic acids is 1. The van der Waals surface area contributed by atoms with Gasteiger partial charge in [-0.3, -0.25) is 0 Å². The third-order valence-electron chi connectivity index (χ3n) is 1.71. The molecular formula is C8H19N2O2+. The van der Waals surface area contributed by atoms with Gasteiger partial charge in [0.25, 0.3) is 0 Å². The van der Waals surface area contributed by atoms with Crippen molar-refractivity contribution in [3.05, 3.63) is 0 Å². The lowest BCUT2D eigenvalue weighted by Gasteiger charge is -2.27. The molecule has 0 bridgehead atoms. The second kappa shape index (κ2) is 5.11. The highest BCUT2D eigenvalue weighted by Crippen LogP contribution is 1.94. The molecule has 0 unspecified atom stereocenters. The molecule has 0 saturated heterocycles. The zero-order chi connectivity index (χ0) is 9.61. The van der Waals surface area contributed by atoms with E-state index < -0.39 is 5.97 Å². The number of hydrogen-bond acceptors (Lipinski definition) is 2. The SMILES string of the molecule is CCNCC[N+](C)(C)CC(=O)O. The third-order valence-corrected chi connectivity index (χ3v) is 1.71. The molecule has 0 atom stereocenters. The van der Waals surface area contributed by atoms with Gasteiger partial charge in [-0.2, -0.15) is 0 Å². The lowest BCUT2D eigenvalue weighted by Crippen LogP contribution is -2.47. The number of hydrogen-bond donors (Lipinski definition) is 2. The standard InChI is InChI=1S/C8H18N2O2/c1-4-9-5-6-10(2,3)7-8(11)12/h9H,4-7H2,1-3H3/p+1. The van der Waals surface area contributed by atoms with Gasteiger partial charge in [-0.05, 0) is 6.54 Å². The van der Waals surface area contributed by atoms with Crippen LogP contribution in [0.15, 0.2) is 0 Å². The molecule has 2 N–H and O–H groups in total. The minimum Gasteiger partial charge on any atom is -0.477 e. The number of likely N-dealkylation sites (N-methyl/N-ethyl adjacent to an activating group) is 2. The predicted molar refractivity (Wildman–Crippen MR) is 48.0 cm³/mol. The molecule has 0 radical (unpaired) electrons. The summed E-state index contributed by atoms with van der Waals surface area (Å²) in [6, 6.07) is 0. The van der Waals surface area contributed by atoms with E-state index in [-0.39, 0.29) is 6.54 Å². The van der Waals surface area contributed by atoms with Gasteiger partial charge in [0, 0.05) is 6.54 Å². The van der Waals surface area contributed by atoms with Crippen molar-refractivity contribution in [2.45, 2.75) is 6.92 Å². The molecule has 4 nitrogen and oxygen atoms in total. The van der Waals surface area contributed by atoms with E-state index in [0.29, 0.717) is 4.48 Å². The van der Waals surface area contributed by atoms with Crippen LogP contribution >= 0.6 is 0 Å². The Morgan fingerprint density at radius 3 is 2.50 bits per heavy atom. The third kappa shape index (κ3) is 6.12. The summed E-state index contributed by atoms with van der Waals surface area (Å²) in [6.07, 6.45) is 0. The highest BCUT2D eigenvalue weighted by molar-refractivity contribution is 5.67. The second-order valence-electron chi connectivity index (χ2n) is 3.56. The number of aliphatic carboxylic acids is 1. The Morgan fingerprint density at radius 2 is 2.08 bits per heavy atom. The second-order valence-corrected chi connectivity index (χ2v) is 3.56. The van der Waals surface area contributed by atoms with E-state index in [2.05, 4.69) is 5.32 Å². The molecule has 0 aromatic heterocycles. The summed E-state index contributed by atoms with van der Waals surface area (Å²) in [5.74, 6) is -0.739. The van der Waals surface area contributed by atoms with E-state index in [1.165, 1.54) is 0 Å². The molecule has 0 fully saturated rings. The van der Waals surface area contributed by atoms with Crippen molar-refractivity contribution >= 4 is 5.97 Å². The summed E-state index contributed by atoms with van der Waals surface area (Å²) in [4.78, 5) is 10.4. The number of quaternary nitrogens is 1. The number of nitrogens with zero attached hydrogens (tertiary/aromatic N) is 1. The maximum atomic E-state index is 10.4. The van der Waals surface area contributed by atoms with Crippen LogP contribution in [-0.4, -0.2) is 55.8 Å². The first kappa shape index (κ1) is 11.4. The normalized spacial score (nSPS) is 11.6. The lowest BCUT2D eigenvalue weighted by molar-refractivity contribution is -0.881. The van der Waals surface area contributed by atoms with Crippen LogP contribution in [0.1, 0.15) is 6.92 Å². The fourth-order valence-corrected chi connectivity index (χ4v) is 1.00. The van der Waals surface area contributed by atoms with Gasteiger partial charge in [0.1, 0.15) is 0 Å². The van der Waals surface area contributed by atoms with E-state index in [9.17, 15) is 4.79 Å². The number of carbonyl (C=O) groups is 1. The van der Waals surface area contributed by atoms with E-state index >= 15 is 0 Å². The Labute approximate surface area is 73.8 Å². The highest BCUT2D eigenvalue weighted by Gasteiger charge is 2.18. The van der Waals surface area contributed by atoms with E-state index in [0.717, 1.165) is 19.6 Å². The van der Waals surface area contributed by atoms with Crippen LogP contribution < -0.4 is 5.32 Å². The first-order chi connectivity index (χ1) is 5.48. The zero-order valence-corrected chi connectivity index (χ0v) is 8.13. The van der Waals surface area contributed by atoms with Crippen LogP contribution in [0, 0.1) is 0 Å². The Balaban J connectivity index is 3.63. The van der Waals surface area contributed by atoms with Crippen LogP contribution in [0.25, 0.3) is 0 Å². The van der Waals surface area contributed by atoms with Gasteiger partial charge in [-0.15, -0.1) is 0 Å². The molecule has 4 heteroatoms. The van der Waals surface area contributed by atoms with Crippen LogP contribution in [0.2, 0.25) is 0 Å². The summed E-state index contributed by atoms with van der Waals surface area (Å²) in [6.45, 7) is 4.88. The fraction of sp³-hybridized carbons (Fsp3) is 0.875. The Morgan fingerprint density at radius 1 is 1.50 bits per heavy atom. The molecule has 0 aliphatic heterocycles. The van der Waals surface area contributed by atoms with Crippen molar-refractivity contribution in [1.82, 2.24) is 5.32 Å². The molecule has 0 rings (SSSR count). The average molecular weight is 175 g/mol. The van der Waals surface area contributed by atoms with Crippen molar-refractivity contribution in [2.24, 2.45) is 0 Å². The van der Waals surface area contributed by atoms with Gasteiger partial charge in [0.2, 0.25) is 0 Å².